The molecule has 0 bridgehead atoms. The van der Waals surface area contributed by atoms with Crippen LogP contribution in [-0.4, -0.2) is 42.9 Å². The fourth-order valence-electron chi connectivity index (χ4n) is 2.82. The Morgan fingerprint density at radius 3 is 2.58 bits per heavy atom. The average molecular weight is 357 g/mol. The third-order valence-electron chi connectivity index (χ3n) is 4.21. The summed E-state index contributed by atoms with van der Waals surface area (Å²) in [5, 5.41) is 3.15. The Hall–Kier alpha value is -2.93. The Morgan fingerprint density at radius 2 is 1.85 bits per heavy atom. The van der Waals surface area contributed by atoms with Crippen LogP contribution in [0.15, 0.2) is 42.5 Å². The Balaban J connectivity index is 1.75. The molecule has 1 aliphatic rings. The zero-order valence-electron chi connectivity index (χ0n) is 14.2. The molecule has 0 spiro atoms. The molecule has 3 rings (SSSR count). The van der Waals surface area contributed by atoms with Gasteiger partial charge in [0.05, 0.1) is 11.1 Å². The minimum Gasteiger partial charge on any atom is -0.488 e. The Morgan fingerprint density at radius 1 is 1.12 bits per heavy atom. The lowest BCUT2D eigenvalue weighted by molar-refractivity contribution is 0.0730. The molecule has 2 aromatic rings. The molecular weight excluding hydrogens is 337 g/mol. The number of hydrogen-bond donors (Lipinski definition) is 2. The lowest BCUT2D eigenvalue weighted by Crippen LogP contribution is -2.46. The van der Waals surface area contributed by atoms with E-state index < -0.39 is 11.7 Å². The molecule has 1 heterocycles. The summed E-state index contributed by atoms with van der Waals surface area (Å²) in [6.07, 6.45) is 0. The number of carbonyl (C=O) groups is 2. The van der Waals surface area contributed by atoms with E-state index in [1.807, 2.05) is 0 Å². The number of rotatable bonds is 5. The molecule has 1 fully saturated rings. The van der Waals surface area contributed by atoms with Crippen LogP contribution in [0, 0.1) is 5.82 Å². The van der Waals surface area contributed by atoms with Crippen LogP contribution < -0.4 is 15.8 Å². The highest BCUT2D eigenvalue weighted by atomic mass is 19.1. The second-order valence-electron chi connectivity index (χ2n) is 6.01. The van der Waals surface area contributed by atoms with Crippen molar-refractivity contribution in [1.29, 1.82) is 0 Å². The number of nitrogens with one attached hydrogen (secondary N) is 1. The average Bonchev–Trinajstić information content (AvgIpc) is 2.67. The van der Waals surface area contributed by atoms with Gasteiger partial charge in [0.25, 0.3) is 11.8 Å². The molecule has 7 heteroatoms. The van der Waals surface area contributed by atoms with Gasteiger partial charge in [0.1, 0.15) is 18.2 Å². The number of nitrogens with zero attached hydrogens (tertiary/aromatic N) is 1. The van der Waals surface area contributed by atoms with E-state index in [0.29, 0.717) is 37.5 Å². The van der Waals surface area contributed by atoms with Crippen LogP contribution in [0.4, 0.5) is 4.39 Å². The molecule has 2 amide bonds. The van der Waals surface area contributed by atoms with E-state index in [4.69, 9.17) is 10.5 Å². The zero-order valence-corrected chi connectivity index (χ0v) is 14.2. The number of ether oxygens (including phenoxy) is 1. The summed E-state index contributed by atoms with van der Waals surface area (Å²) in [5.41, 5.74) is 6.25. The molecule has 0 aliphatic carbocycles. The van der Waals surface area contributed by atoms with Crippen molar-refractivity contribution in [2.75, 3.05) is 26.2 Å². The van der Waals surface area contributed by atoms with Crippen molar-refractivity contribution in [1.82, 2.24) is 10.2 Å². The molecule has 2 aromatic carbocycles. The SMILES string of the molecule is NC(=O)c1ccccc1OCc1ccc(F)c(C(=O)N2CCNCC2)c1. The topological polar surface area (TPSA) is 84.7 Å². The molecule has 0 atom stereocenters. The number of primary amides is 1. The molecule has 0 aromatic heterocycles. The quantitative estimate of drug-likeness (QED) is 0.850. The van der Waals surface area contributed by atoms with Crippen LogP contribution >= 0.6 is 0 Å². The highest BCUT2D eigenvalue weighted by Crippen LogP contribution is 2.20. The number of hydrogen-bond acceptors (Lipinski definition) is 4. The van der Waals surface area contributed by atoms with Gasteiger partial charge < -0.3 is 20.7 Å². The van der Waals surface area contributed by atoms with Gasteiger partial charge in [0.15, 0.2) is 0 Å². The van der Waals surface area contributed by atoms with E-state index in [1.54, 1.807) is 35.2 Å². The molecule has 0 radical (unpaired) electrons. The summed E-state index contributed by atoms with van der Waals surface area (Å²) in [4.78, 5) is 25.6. The lowest BCUT2D eigenvalue weighted by atomic mass is 10.1. The van der Waals surface area contributed by atoms with Gasteiger partial charge in [-0.25, -0.2) is 4.39 Å². The molecule has 1 saturated heterocycles. The zero-order chi connectivity index (χ0) is 18.5. The molecule has 1 aliphatic heterocycles. The van der Waals surface area contributed by atoms with Crippen LogP contribution in [-0.2, 0) is 6.61 Å². The number of piperazine rings is 1. The fourth-order valence-corrected chi connectivity index (χ4v) is 2.82. The first-order valence-electron chi connectivity index (χ1n) is 8.36. The molecule has 0 unspecified atom stereocenters. The van der Waals surface area contributed by atoms with Gasteiger partial charge in [-0.2, -0.15) is 0 Å². The van der Waals surface area contributed by atoms with E-state index in [2.05, 4.69) is 5.32 Å². The highest BCUT2D eigenvalue weighted by molar-refractivity contribution is 5.95. The third kappa shape index (κ3) is 4.00. The van der Waals surface area contributed by atoms with Crippen molar-refractivity contribution < 1.29 is 18.7 Å². The van der Waals surface area contributed by atoms with Gasteiger partial charge in [-0.15, -0.1) is 0 Å². The molecule has 0 saturated carbocycles. The van der Waals surface area contributed by atoms with E-state index in [1.165, 1.54) is 12.1 Å². The molecule has 26 heavy (non-hydrogen) atoms. The second-order valence-corrected chi connectivity index (χ2v) is 6.01. The van der Waals surface area contributed by atoms with Crippen molar-refractivity contribution in [3.8, 4) is 5.75 Å². The van der Waals surface area contributed by atoms with Crippen LogP contribution in [0.5, 0.6) is 5.75 Å². The van der Waals surface area contributed by atoms with Crippen molar-refractivity contribution in [3.63, 3.8) is 0 Å². The maximum Gasteiger partial charge on any atom is 0.256 e. The predicted molar refractivity (Wildman–Crippen MR) is 94.5 cm³/mol. The van der Waals surface area contributed by atoms with Gasteiger partial charge in [-0.05, 0) is 29.8 Å². The second kappa shape index (κ2) is 7.97. The molecule has 3 N–H and O–H groups in total. The first-order valence-corrected chi connectivity index (χ1v) is 8.36. The van der Waals surface area contributed by atoms with Crippen molar-refractivity contribution in [3.05, 3.63) is 65.0 Å². The Bertz CT molecular complexity index is 819. The van der Waals surface area contributed by atoms with Crippen LogP contribution in [0.2, 0.25) is 0 Å². The van der Waals surface area contributed by atoms with Gasteiger partial charge in [0.2, 0.25) is 0 Å². The Labute approximate surface area is 150 Å². The molecule has 6 nitrogen and oxygen atoms in total. The fraction of sp³-hybridized carbons (Fsp3) is 0.263. The van der Waals surface area contributed by atoms with Crippen LogP contribution in [0.25, 0.3) is 0 Å². The van der Waals surface area contributed by atoms with E-state index in [9.17, 15) is 14.0 Å². The number of benzene rings is 2. The number of halogens is 1. The highest BCUT2D eigenvalue weighted by Gasteiger charge is 2.21. The largest absolute Gasteiger partial charge is 0.488 e. The van der Waals surface area contributed by atoms with Crippen molar-refractivity contribution in [2.24, 2.45) is 5.73 Å². The maximum absolute atomic E-state index is 14.1. The van der Waals surface area contributed by atoms with Crippen LogP contribution in [0.3, 0.4) is 0 Å². The minimum atomic E-state index is -0.589. The minimum absolute atomic E-state index is 0.0242. The first-order chi connectivity index (χ1) is 12.6. The van der Waals surface area contributed by atoms with Crippen molar-refractivity contribution in [2.45, 2.75) is 6.61 Å². The summed E-state index contributed by atoms with van der Waals surface area (Å²) < 4.78 is 19.8. The van der Waals surface area contributed by atoms with Gasteiger partial charge in [0, 0.05) is 26.2 Å². The summed E-state index contributed by atoms with van der Waals surface area (Å²) in [5.74, 6) is -1.13. The third-order valence-corrected chi connectivity index (χ3v) is 4.21. The molecular formula is C19H20FN3O3. The standard InChI is InChI=1S/C19H20FN3O3/c20-16-6-5-13(11-15(16)19(25)23-9-7-22-8-10-23)12-26-17-4-2-1-3-14(17)18(21)24/h1-6,11,22H,7-10,12H2,(H2,21,24). The lowest BCUT2D eigenvalue weighted by Gasteiger charge is -2.27. The normalized spacial score (nSPS) is 14.1. The van der Waals surface area contributed by atoms with Crippen molar-refractivity contribution >= 4 is 11.8 Å². The maximum atomic E-state index is 14.1. The van der Waals surface area contributed by atoms with E-state index in [-0.39, 0.29) is 23.6 Å². The summed E-state index contributed by atoms with van der Waals surface area (Å²) in [7, 11) is 0. The predicted octanol–water partition coefficient (Wildman–Crippen LogP) is 1.55. The first kappa shape index (κ1) is 17.9. The smallest absolute Gasteiger partial charge is 0.256 e. The number of carbonyl (C=O) groups excluding carboxylic acids is 2. The number of nitrogens with two attached hydrogens (primary N) is 1. The van der Waals surface area contributed by atoms with E-state index in [0.717, 1.165) is 0 Å². The van der Waals surface area contributed by atoms with Gasteiger partial charge in [-0.3, -0.25) is 9.59 Å². The van der Waals surface area contributed by atoms with Crippen LogP contribution in [0.1, 0.15) is 26.3 Å². The van der Waals surface area contributed by atoms with E-state index >= 15 is 0 Å². The van der Waals surface area contributed by atoms with Gasteiger partial charge >= 0.3 is 0 Å². The summed E-state index contributed by atoms with van der Waals surface area (Å²) >= 11 is 0. The number of amides is 2. The summed E-state index contributed by atoms with van der Waals surface area (Å²) in [6, 6.07) is 10.9. The monoisotopic (exact) mass is 357 g/mol. The summed E-state index contributed by atoms with van der Waals surface area (Å²) in [6.45, 7) is 2.57. The molecule has 136 valence electrons. The Kier molecular flexibility index (Phi) is 5.48. The number of para-hydroxylation sites is 1. The van der Waals surface area contributed by atoms with Gasteiger partial charge in [-0.1, -0.05) is 18.2 Å².